The average Bonchev–Trinajstić information content (AvgIpc) is 2.76. The molecule has 0 radical (unpaired) electrons. The summed E-state index contributed by atoms with van der Waals surface area (Å²) in [7, 11) is 3.50. The fraction of sp³-hybridized carbons (Fsp3) is 0.833. The first-order chi connectivity index (χ1) is 11.6. The zero-order chi connectivity index (χ0) is 18.8. The number of hydrogen-bond donors (Lipinski definition) is 2. The summed E-state index contributed by atoms with van der Waals surface area (Å²) < 4.78 is 0. The van der Waals surface area contributed by atoms with Crippen molar-refractivity contribution in [2.75, 3.05) is 33.7 Å². The number of halogens is 1. The third-order valence-electron chi connectivity index (χ3n) is 5.73. The Morgan fingerprint density at radius 1 is 1.31 bits per heavy atom. The molecule has 0 aromatic carbocycles. The van der Waals surface area contributed by atoms with Gasteiger partial charge in [-0.3, -0.25) is 14.5 Å². The number of hydrogen-bond acceptors (Lipinski definition) is 4. The van der Waals surface area contributed by atoms with E-state index in [0.717, 1.165) is 17.7 Å². The molecule has 0 unspecified atom stereocenters. The number of likely N-dealkylation sites (N-methyl/N-ethyl adjacent to an activating group) is 2. The van der Waals surface area contributed by atoms with Crippen LogP contribution in [0.25, 0.3) is 0 Å². The van der Waals surface area contributed by atoms with Gasteiger partial charge in [0.25, 0.3) is 5.91 Å². The molecule has 0 aromatic rings. The number of nitrogens with one attached hydrogen (secondary N) is 2. The lowest BCUT2D eigenvalue weighted by molar-refractivity contribution is -0.139. The maximum absolute atomic E-state index is 12.9. The standard InChI is InChI=1S/C18H32N4O3.ClH/c1-17(2,3)13-6-8-18(9-7-13)15(24)22(16(25)20-18)12-14(23)21(5)11-10-19-4;/h13,19H,6-12H2,1-5H3,(H,20,25);1H. The van der Waals surface area contributed by atoms with E-state index in [-0.39, 0.29) is 36.2 Å². The monoisotopic (exact) mass is 388 g/mol. The number of rotatable bonds is 5. The van der Waals surface area contributed by atoms with Crippen LogP contribution in [-0.4, -0.2) is 66.9 Å². The van der Waals surface area contributed by atoms with E-state index in [0.29, 0.717) is 31.8 Å². The molecular weight excluding hydrogens is 356 g/mol. The zero-order valence-electron chi connectivity index (χ0n) is 16.6. The predicted molar refractivity (Wildman–Crippen MR) is 103 cm³/mol. The number of amides is 4. The molecule has 0 bridgehead atoms. The average molecular weight is 389 g/mol. The maximum Gasteiger partial charge on any atom is 0.325 e. The van der Waals surface area contributed by atoms with Gasteiger partial charge in [0.15, 0.2) is 0 Å². The molecule has 1 aliphatic carbocycles. The third-order valence-corrected chi connectivity index (χ3v) is 5.73. The first-order valence-corrected chi connectivity index (χ1v) is 9.13. The molecule has 0 atom stereocenters. The quantitative estimate of drug-likeness (QED) is 0.701. The van der Waals surface area contributed by atoms with Crippen LogP contribution in [0.1, 0.15) is 46.5 Å². The summed E-state index contributed by atoms with van der Waals surface area (Å²) in [5.41, 5.74) is -0.596. The maximum atomic E-state index is 12.9. The van der Waals surface area contributed by atoms with E-state index < -0.39 is 11.6 Å². The highest BCUT2D eigenvalue weighted by Gasteiger charge is 2.53. The number of carbonyl (C=O) groups is 3. The molecule has 1 saturated carbocycles. The molecule has 26 heavy (non-hydrogen) atoms. The van der Waals surface area contributed by atoms with Gasteiger partial charge in [-0.05, 0) is 44.1 Å². The SMILES string of the molecule is CNCCN(C)C(=O)CN1C(=O)NC2(CCC(C(C)(C)C)CC2)C1=O.Cl. The second kappa shape index (κ2) is 8.57. The van der Waals surface area contributed by atoms with E-state index in [4.69, 9.17) is 0 Å². The van der Waals surface area contributed by atoms with Gasteiger partial charge in [0.05, 0.1) is 0 Å². The first-order valence-electron chi connectivity index (χ1n) is 9.13. The Morgan fingerprint density at radius 3 is 2.38 bits per heavy atom. The summed E-state index contributed by atoms with van der Waals surface area (Å²) in [5, 5.41) is 5.86. The van der Waals surface area contributed by atoms with Gasteiger partial charge in [-0.2, -0.15) is 0 Å². The van der Waals surface area contributed by atoms with Gasteiger partial charge >= 0.3 is 6.03 Å². The molecule has 1 spiro atoms. The molecule has 1 aliphatic heterocycles. The summed E-state index contributed by atoms with van der Waals surface area (Å²) in [6.45, 7) is 7.68. The fourth-order valence-electron chi connectivity index (χ4n) is 3.80. The van der Waals surface area contributed by atoms with Crippen LogP contribution in [0.5, 0.6) is 0 Å². The summed E-state index contributed by atoms with van der Waals surface area (Å²) in [5.74, 6) is 0.0885. The van der Waals surface area contributed by atoms with Gasteiger partial charge in [-0.1, -0.05) is 20.8 Å². The predicted octanol–water partition coefficient (Wildman–Crippen LogP) is 1.61. The fourth-order valence-corrected chi connectivity index (χ4v) is 3.80. The molecule has 1 saturated heterocycles. The van der Waals surface area contributed by atoms with Crippen LogP contribution in [0.4, 0.5) is 4.79 Å². The second-order valence-corrected chi connectivity index (χ2v) is 8.46. The summed E-state index contributed by atoms with van der Waals surface area (Å²) in [6.07, 6.45) is 3.14. The molecule has 2 N–H and O–H groups in total. The number of urea groups is 1. The highest BCUT2D eigenvalue weighted by atomic mass is 35.5. The van der Waals surface area contributed by atoms with Crippen molar-refractivity contribution >= 4 is 30.3 Å². The number of imide groups is 1. The lowest BCUT2D eigenvalue weighted by Gasteiger charge is -2.40. The van der Waals surface area contributed by atoms with E-state index in [1.54, 1.807) is 11.9 Å². The molecule has 1 heterocycles. The van der Waals surface area contributed by atoms with E-state index in [9.17, 15) is 14.4 Å². The third kappa shape index (κ3) is 4.68. The van der Waals surface area contributed by atoms with Crippen molar-refractivity contribution in [3.05, 3.63) is 0 Å². The minimum absolute atomic E-state index is 0. The van der Waals surface area contributed by atoms with Gasteiger partial charge in [0.2, 0.25) is 5.91 Å². The van der Waals surface area contributed by atoms with Crippen molar-refractivity contribution < 1.29 is 14.4 Å². The molecule has 7 nitrogen and oxygen atoms in total. The van der Waals surface area contributed by atoms with Crippen molar-refractivity contribution in [3.8, 4) is 0 Å². The Kier molecular flexibility index (Phi) is 7.48. The topological polar surface area (TPSA) is 81.8 Å². The van der Waals surface area contributed by atoms with Crippen LogP contribution in [-0.2, 0) is 9.59 Å². The van der Waals surface area contributed by atoms with Gasteiger partial charge in [-0.25, -0.2) is 4.79 Å². The largest absolute Gasteiger partial charge is 0.343 e. The molecule has 0 aromatic heterocycles. The Balaban J connectivity index is 0.00000338. The molecule has 4 amide bonds. The van der Waals surface area contributed by atoms with Crippen molar-refractivity contribution in [2.24, 2.45) is 11.3 Å². The van der Waals surface area contributed by atoms with Crippen LogP contribution in [0.15, 0.2) is 0 Å². The van der Waals surface area contributed by atoms with Crippen molar-refractivity contribution in [1.29, 1.82) is 0 Å². The second-order valence-electron chi connectivity index (χ2n) is 8.46. The smallest absolute Gasteiger partial charge is 0.325 e. The van der Waals surface area contributed by atoms with Crippen molar-refractivity contribution in [3.63, 3.8) is 0 Å². The van der Waals surface area contributed by atoms with Crippen LogP contribution in [0.3, 0.4) is 0 Å². The summed E-state index contributed by atoms with van der Waals surface area (Å²) in [6, 6.07) is -0.436. The summed E-state index contributed by atoms with van der Waals surface area (Å²) >= 11 is 0. The van der Waals surface area contributed by atoms with E-state index >= 15 is 0 Å². The molecule has 150 valence electrons. The van der Waals surface area contributed by atoms with Gasteiger partial charge in [0.1, 0.15) is 12.1 Å². The minimum atomic E-state index is -0.803. The van der Waals surface area contributed by atoms with Crippen LogP contribution in [0, 0.1) is 11.3 Å². The lowest BCUT2D eigenvalue weighted by atomic mass is 9.67. The Hall–Kier alpha value is -1.34. The zero-order valence-corrected chi connectivity index (χ0v) is 17.4. The van der Waals surface area contributed by atoms with Crippen molar-refractivity contribution in [2.45, 2.75) is 52.0 Å². The molecular formula is C18H33ClN4O3. The normalized spacial score (nSPS) is 25.9. The minimum Gasteiger partial charge on any atom is -0.343 e. The molecule has 2 fully saturated rings. The Bertz CT molecular complexity index is 539. The molecule has 2 aliphatic rings. The van der Waals surface area contributed by atoms with Crippen molar-refractivity contribution in [1.82, 2.24) is 20.4 Å². The Morgan fingerprint density at radius 2 is 1.88 bits per heavy atom. The number of nitrogens with zero attached hydrogens (tertiary/aromatic N) is 2. The van der Waals surface area contributed by atoms with Crippen LogP contribution in [0.2, 0.25) is 0 Å². The highest BCUT2D eigenvalue weighted by Crippen LogP contribution is 2.43. The van der Waals surface area contributed by atoms with Crippen LogP contribution >= 0.6 is 12.4 Å². The van der Waals surface area contributed by atoms with E-state index in [2.05, 4.69) is 31.4 Å². The van der Waals surface area contributed by atoms with Gasteiger partial charge in [0, 0.05) is 20.1 Å². The number of carbonyl (C=O) groups excluding carboxylic acids is 3. The molecule has 2 rings (SSSR count). The Labute approximate surface area is 162 Å². The van der Waals surface area contributed by atoms with E-state index in [1.807, 2.05) is 7.05 Å². The van der Waals surface area contributed by atoms with E-state index in [1.165, 1.54) is 0 Å². The molecule has 8 heteroatoms. The lowest BCUT2D eigenvalue weighted by Crippen LogP contribution is -2.51. The van der Waals surface area contributed by atoms with Gasteiger partial charge in [-0.15, -0.1) is 12.4 Å². The highest BCUT2D eigenvalue weighted by molar-refractivity contribution is 6.09. The summed E-state index contributed by atoms with van der Waals surface area (Å²) in [4.78, 5) is 40.1. The van der Waals surface area contributed by atoms with Crippen LogP contribution < -0.4 is 10.6 Å². The first kappa shape index (κ1) is 22.7. The van der Waals surface area contributed by atoms with Gasteiger partial charge < -0.3 is 15.5 Å².